The van der Waals surface area contributed by atoms with E-state index in [-0.39, 0.29) is 10.6 Å². The van der Waals surface area contributed by atoms with Gasteiger partial charge in [-0.25, -0.2) is 8.42 Å². The SMILES string of the molecule is Cc1cc(N)ccc1NS(=O)(=O)c1ccc([N+](=O)[O-])cc1. The molecule has 0 aliphatic rings. The van der Waals surface area contributed by atoms with Gasteiger partial charge in [-0.1, -0.05) is 0 Å². The molecule has 0 atom stereocenters. The highest BCUT2D eigenvalue weighted by molar-refractivity contribution is 7.92. The van der Waals surface area contributed by atoms with Crippen molar-refractivity contribution < 1.29 is 13.3 Å². The van der Waals surface area contributed by atoms with Crippen LogP contribution in [0.1, 0.15) is 5.56 Å². The average Bonchev–Trinajstić information content (AvgIpc) is 2.42. The Balaban J connectivity index is 2.31. The normalized spacial score (nSPS) is 11.1. The molecule has 7 nitrogen and oxygen atoms in total. The Bertz CT molecular complexity index is 786. The molecule has 0 aromatic heterocycles. The number of nitrogen functional groups attached to an aromatic ring is 1. The highest BCUT2D eigenvalue weighted by Crippen LogP contribution is 2.22. The van der Waals surface area contributed by atoms with E-state index in [4.69, 9.17) is 5.73 Å². The first-order valence-electron chi connectivity index (χ1n) is 5.93. The van der Waals surface area contributed by atoms with Gasteiger partial charge in [-0.05, 0) is 42.8 Å². The standard InChI is InChI=1S/C13H13N3O4S/c1-9-8-10(14)2-7-13(9)15-21(19,20)12-5-3-11(4-6-12)16(17)18/h2-8,15H,14H2,1H3. The number of rotatable bonds is 4. The number of sulfonamides is 1. The summed E-state index contributed by atoms with van der Waals surface area (Å²) in [4.78, 5) is 9.92. The lowest BCUT2D eigenvalue weighted by Crippen LogP contribution is -2.13. The number of non-ortho nitro benzene ring substituents is 1. The maximum absolute atomic E-state index is 12.2. The third-order valence-corrected chi connectivity index (χ3v) is 4.23. The zero-order chi connectivity index (χ0) is 15.6. The van der Waals surface area contributed by atoms with Crippen LogP contribution < -0.4 is 10.5 Å². The first-order chi connectivity index (χ1) is 9.79. The van der Waals surface area contributed by atoms with Crippen molar-refractivity contribution in [1.82, 2.24) is 0 Å². The van der Waals surface area contributed by atoms with Crippen molar-refractivity contribution >= 4 is 27.1 Å². The van der Waals surface area contributed by atoms with Crippen LogP contribution in [0.5, 0.6) is 0 Å². The van der Waals surface area contributed by atoms with Gasteiger partial charge in [0, 0.05) is 17.8 Å². The minimum Gasteiger partial charge on any atom is -0.399 e. The van der Waals surface area contributed by atoms with Gasteiger partial charge in [0.2, 0.25) is 0 Å². The molecule has 8 heteroatoms. The Morgan fingerprint density at radius 1 is 1.14 bits per heavy atom. The third-order valence-electron chi connectivity index (χ3n) is 2.85. The zero-order valence-corrected chi connectivity index (χ0v) is 11.9. The summed E-state index contributed by atoms with van der Waals surface area (Å²) in [5, 5.41) is 10.6. The van der Waals surface area contributed by atoms with Crippen molar-refractivity contribution in [2.24, 2.45) is 0 Å². The average molecular weight is 307 g/mol. The Morgan fingerprint density at radius 3 is 2.29 bits per heavy atom. The fourth-order valence-electron chi connectivity index (χ4n) is 1.75. The molecule has 0 radical (unpaired) electrons. The number of anilines is 2. The molecule has 2 aromatic rings. The summed E-state index contributed by atoms with van der Waals surface area (Å²) >= 11 is 0. The van der Waals surface area contributed by atoms with Crippen molar-refractivity contribution in [3.05, 3.63) is 58.1 Å². The van der Waals surface area contributed by atoms with E-state index >= 15 is 0 Å². The number of nitrogens with two attached hydrogens (primary N) is 1. The first kappa shape index (κ1) is 14.8. The number of aryl methyl sites for hydroxylation is 1. The van der Waals surface area contributed by atoms with Gasteiger partial charge in [0.15, 0.2) is 0 Å². The smallest absolute Gasteiger partial charge is 0.269 e. The summed E-state index contributed by atoms with van der Waals surface area (Å²) in [5.41, 5.74) is 7.06. The predicted octanol–water partition coefficient (Wildman–Crippen LogP) is 2.29. The van der Waals surface area contributed by atoms with Crippen LogP contribution in [-0.2, 0) is 10.0 Å². The van der Waals surface area contributed by atoms with Gasteiger partial charge >= 0.3 is 0 Å². The predicted molar refractivity (Wildman–Crippen MR) is 79.5 cm³/mol. The molecule has 0 fully saturated rings. The van der Waals surface area contributed by atoms with Crippen LogP contribution >= 0.6 is 0 Å². The molecule has 0 heterocycles. The van der Waals surface area contributed by atoms with Gasteiger partial charge in [-0.3, -0.25) is 14.8 Å². The molecule has 2 aromatic carbocycles. The molecular formula is C13H13N3O4S. The van der Waals surface area contributed by atoms with Gasteiger partial charge in [0.05, 0.1) is 15.5 Å². The number of nitro benzene ring substituents is 1. The van der Waals surface area contributed by atoms with Crippen LogP contribution in [-0.4, -0.2) is 13.3 Å². The summed E-state index contributed by atoms with van der Waals surface area (Å²) in [6, 6.07) is 9.46. The molecule has 0 saturated carbocycles. The van der Waals surface area contributed by atoms with E-state index in [1.54, 1.807) is 25.1 Å². The monoisotopic (exact) mass is 307 g/mol. The lowest BCUT2D eigenvalue weighted by atomic mass is 10.2. The van der Waals surface area contributed by atoms with E-state index in [1.807, 2.05) is 0 Å². The highest BCUT2D eigenvalue weighted by atomic mass is 32.2. The van der Waals surface area contributed by atoms with Crippen molar-refractivity contribution in [3.8, 4) is 0 Å². The largest absolute Gasteiger partial charge is 0.399 e. The molecule has 0 bridgehead atoms. The van der Waals surface area contributed by atoms with E-state index in [2.05, 4.69) is 4.72 Å². The zero-order valence-electron chi connectivity index (χ0n) is 11.1. The van der Waals surface area contributed by atoms with E-state index in [0.29, 0.717) is 16.9 Å². The highest BCUT2D eigenvalue weighted by Gasteiger charge is 2.16. The summed E-state index contributed by atoms with van der Waals surface area (Å²) in [5.74, 6) is 0. The number of hydrogen-bond donors (Lipinski definition) is 2. The Kier molecular flexibility index (Phi) is 3.81. The van der Waals surface area contributed by atoms with Crippen LogP contribution in [0, 0.1) is 17.0 Å². The van der Waals surface area contributed by atoms with Gasteiger partial charge in [-0.2, -0.15) is 0 Å². The topological polar surface area (TPSA) is 115 Å². The number of nitrogens with zero attached hydrogens (tertiary/aromatic N) is 1. The van der Waals surface area contributed by atoms with Crippen LogP contribution in [0.25, 0.3) is 0 Å². The van der Waals surface area contributed by atoms with E-state index in [1.165, 1.54) is 12.1 Å². The second-order valence-electron chi connectivity index (χ2n) is 4.43. The Hall–Kier alpha value is -2.61. The van der Waals surface area contributed by atoms with E-state index in [0.717, 1.165) is 12.1 Å². The molecule has 0 unspecified atom stereocenters. The molecule has 0 spiro atoms. The summed E-state index contributed by atoms with van der Waals surface area (Å²) in [6.45, 7) is 1.73. The molecule has 2 rings (SSSR count). The minimum atomic E-state index is -3.80. The summed E-state index contributed by atoms with van der Waals surface area (Å²) in [6.07, 6.45) is 0. The van der Waals surface area contributed by atoms with Crippen molar-refractivity contribution in [3.63, 3.8) is 0 Å². The fraction of sp³-hybridized carbons (Fsp3) is 0.0769. The molecule has 21 heavy (non-hydrogen) atoms. The first-order valence-corrected chi connectivity index (χ1v) is 7.41. The van der Waals surface area contributed by atoms with Gasteiger partial charge in [0.25, 0.3) is 15.7 Å². The number of hydrogen-bond acceptors (Lipinski definition) is 5. The van der Waals surface area contributed by atoms with Crippen LogP contribution in [0.3, 0.4) is 0 Å². The number of nitrogens with one attached hydrogen (secondary N) is 1. The molecule has 0 aliphatic heterocycles. The second kappa shape index (κ2) is 5.41. The molecule has 0 saturated heterocycles. The second-order valence-corrected chi connectivity index (χ2v) is 6.11. The molecular weight excluding hydrogens is 294 g/mol. The lowest BCUT2D eigenvalue weighted by Gasteiger charge is -2.11. The van der Waals surface area contributed by atoms with E-state index < -0.39 is 14.9 Å². The Labute approximate surface area is 121 Å². The molecule has 110 valence electrons. The molecule has 0 amide bonds. The third kappa shape index (κ3) is 3.29. The lowest BCUT2D eigenvalue weighted by molar-refractivity contribution is -0.384. The quantitative estimate of drug-likeness (QED) is 0.511. The summed E-state index contributed by atoms with van der Waals surface area (Å²) < 4.78 is 26.8. The fourth-order valence-corrected chi connectivity index (χ4v) is 2.88. The number of benzene rings is 2. The summed E-state index contributed by atoms with van der Waals surface area (Å²) in [7, 11) is -3.80. The van der Waals surface area contributed by atoms with Crippen molar-refractivity contribution in [1.29, 1.82) is 0 Å². The number of nitro groups is 1. The maximum atomic E-state index is 12.2. The Morgan fingerprint density at radius 2 is 1.76 bits per heavy atom. The van der Waals surface area contributed by atoms with Crippen LogP contribution in [0.2, 0.25) is 0 Å². The van der Waals surface area contributed by atoms with Gasteiger partial charge in [-0.15, -0.1) is 0 Å². The van der Waals surface area contributed by atoms with Crippen LogP contribution in [0.15, 0.2) is 47.4 Å². The minimum absolute atomic E-state index is 0.0516. The van der Waals surface area contributed by atoms with E-state index in [9.17, 15) is 18.5 Å². The maximum Gasteiger partial charge on any atom is 0.269 e. The van der Waals surface area contributed by atoms with Gasteiger partial charge < -0.3 is 5.73 Å². The van der Waals surface area contributed by atoms with Crippen LogP contribution in [0.4, 0.5) is 17.1 Å². The van der Waals surface area contributed by atoms with Crippen molar-refractivity contribution in [2.45, 2.75) is 11.8 Å². The van der Waals surface area contributed by atoms with Crippen molar-refractivity contribution in [2.75, 3.05) is 10.5 Å². The van der Waals surface area contributed by atoms with Gasteiger partial charge in [0.1, 0.15) is 0 Å². The molecule has 0 aliphatic carbocycles. The molecule has 3 N–H and O–H groups in total.